The summed E-state index contributed by atoms with van der Waals surface area (Å²) in [7, 11) is 0. The highest BCUT2D eigenvalue weighted by Gasteiger charge is 2.39. The average Bonchev–Trinajstić information content (AvgIpc) is 2.89. The summed E-state index contributed by atoms with van der Waals surface area (Å²) >= 11 is 8.92. The zero-order valence-electron chi connectivity index (χ0n) is 8.61. The van der Waals surface area contributed by atoms with Gasteiger partial charge in [-0.25, -0.2) is 4.39 Å². The van der Waals surface area contributed by atoms with Gasteiger partial charge in [-0.05, 0) is 47.8 Å². The Morgan fingerprint density at radius 2 is 2.19 bits per heavy atom. The minimum atomic E-state index is -0.571. The summed E-state index contributed by atoms with van der Waals surface area (Å²) in [5.41, 5.74) is -0.176. The van der Waals surface area contributed by atoms with Crippen LogP contribution in [0.1, 0.15) is 30.1 Å². The van der Waals surface area contributed by atoms with Gasteiger partial charge >= 0.3 is 0 Å². The number of amides is 1. The molecule has 1 aliphatic rings. The first-order chi connectivity index (χ1) is 7.41. The molecule has 0 unspecified atom stereocenters. The van der Waals surface area contributed by atoms with E-state index in [0.717, 1.165) is 12.8 Å². The molecule has 0 radical (unpaired) electrons. The fourth-order valence-corrected chi connectivity index (χ4v) is 1.83. The number of rotatable bonds is 2. The summed E-state index contributed by atoms with van der Waals surface area (Å²) in [5.74, 6) is -0.982. The van der Waals surface area contributed by atoms with Gasteiger partial charge in [0, 0.05) is 10.0 Å². The van der Waals surface area contributed by atoms with Crippen LogP contribution in [-0.4, -0.2) is 11.4 Å². The molecule has 5 heteroatoms. The van der Waals surface area contributed by atoms with E-state index in [-0.39, 0.29) is 11.1 Å². The highest BCUT2D eigenvalue weighted by molar-refractivity contribution is 9.10. The third kappa shape index (κ3) is 2.38. The van der Waals surface area contributed by atoms with Gasteiger partial charge in [0.25, 0.3) is 5.91 Å². The van der Waals surface area contributed by atoms with Gasteiger partial charge in [0.05, 0.1) is 10.6 Å². The molecule has 1 amide bonds. The molecule has 0 bridgehead atoms. The molecule has 0 saturated heterocycles. The third-order valence-electron chi connectivity index (χ3n) is 2.67. The van der Waals surface area contributed by atoms with Crippen molar-refractivity contribution in [1.29, 1.82) is 0 Å². The topological polar surface area (TPSA) is 29.1 Å². The molecule has 1 fully saturated rings. The smallest absolute Gasteiger partial charge is 0.254 e. The number of carbonyl (C=O) groups excluding carboxylic acids is 1. The summed E-state index contributed by atoms with van der Waals surface area (Å²) in [4.78, 5) is 11.8. The summed E-state index contributed by atoms with van der Waals surface area (Å²) in [5, 5.41) is 3.11. The Balaban J connectivity index is 2.26. The largest absolute Gasteiger partial charge is 0.347 e. The van der Waals surface area contributed by atoms with Gasteiger partial charge < -0.3 is 5.32 Å². The molecule has 1 aromatic carbocycles. The van der Waals surface area contributed by atoms with Crippen LogP contribution in [0.15, 0.2) is 16.6 Å². The maximum atomic E-state index is 13.5. The quantitative estimate of drug-likeness (QED) is 0.832. The maximum absolute atomic E-state index is 13.5. The molecule has 0 aliphatic heterocycles. The van der Waals surface area contributed by atoms with E-state index in [9.17, 15) is 9.18 Å². The van der Waals surface area contributed by atoms with Gasteiger partial charge in [-0.1, -0.05) is 11.6 Å². The average molecular weight is 307 g/mol. The molecule has 0 spiro atoms. The van der Waals surface area contributed by atoms with Crippen LogP contribution < -0.4 is 5.32 Å². The van der Waals surface area contributed by atoms with Crippen LogP contribution in [0.3, 0.4) is 0 Å². The first-order valence-electron chi connectivity index (χ1n) is 4.88. The van der Waals surface area contributed by atoms with Crippen molar-refractivity contribution in [3.05, 3.63) is 33.0 Å². The van der Waals surface area contributed by atoms with Crippen LogP contribution in [0.2, 0.25) is 5.02 Å². The standard InChI is InChI=1S/C11H10BrClFNO/c1-11(2-3-11)15-10(16)6-4-8(13)7(12)5-9(6)14/h4-5H,2-3H2,1H3,(H,15,16). The molecular formula is C11H10BrClFNO. The monoisotopic (exact) mass is 305 g/mol. The van der Waals surface area contributed by atoms with E-state index in [2.05, 4.69) is 21.2 Å². The normalized spacial score (nSPS) is 17.0. The number of benzene rings is 1. The number of hydrogen-bond acceptors (Lipinski definition) is 1. The number of halogens is 3. The van der Waals surface area contributed by atoms with Crippen molar-refractivity contribution in [3.8, 4) is 0 Å². The summed E-state index contributed by atoms with van der Waals surface area (Å²) < 4.78 is 14.0. The summed E-state index contributed by atoms with van der Waals surface area (Å²) in [6, 6.07) is 2.54. The lowest BCUT2D eigenvalue weighted by Gasteiger charge is -2.12. The molecule has 16 heavy (non-hydrogen) atoms. The minimum Gasteiger partial charge on any atom is -0.347 e. The molecule has 2 rings (SSSR count). The Morgan fingerprint density at radius 1 is 1.56 bits per heavy atom. The van der Waals surface area contributed by atoms with Gasteiger partial charge in [0.1, 0.15) is 5.82 Å². The number of nitrogens with one attached hydrogen (secondary N) is 1. The van der Waals surface area contributed by atoms with Crippen LogP contribution in [0.4, 0.5) is 4.39 Å². The van der Waals surface area contributed by atoms with Crippen molar-refractivity contribution in [1.82, 2.24) is 5.32 Å². The minimum absolute atomic E-state index is 0.0127. The molecule has 0 aromatic heterocycles. The van der Waals surface area contributed by atoms with Gasteiger partial charge in [-0.2, -0.15) is 0 Å². The fourth-order valence-electron chi connectivity index (χ4n) is 1.35. The number of carbonyl (C=O) groups is 1. The van der Waals surface area contributed by atoms with E-state index in [1.165, 1.54) is 12.1 Å². The summed E-state index contributed by atoms with van der Waals surface area (Å²) in [6.07, 6.45) is 1.87. The predicted molar refractivity (Wildman–Crippen MR) is 64.2 cm³/mol. The predicted octanol–water partition coefficient (Wildman–Crippen LogP) is 3.52. The lowest BCUT2D eigenvalue weighted by Crippen LogP contribution is -2.34. The molecular weight excluding hydrogens is 296 g/mol. The van der Waals surface area contributed by atoms with Crippen LogP contribution >= 0.6 is 27.5 Å². The first kappa shape index (κ1) is 11.9. The number of hydrogen-bond donors (Lipinski definition) is 1. The van der Waals surface area contributed by atoms with E-state index in [1.54, 1.807) is 0 Å². The van der Waals surface area contributed by atoms with Crippen molar-refractivity contribution in [2.75, 3.05) is 0 Å². The molecule has 2 nitrogen and oxygen atoms in total. The Morgan fingerprint density at radius 3 is 2.75 bits per heavy atom. The highest BCUT2D eigenvalue weighted by Crippen LogP contribution is 2.35. The van der Waals surface area contributed by atoms with Gasteiger partial charge in [0.15, 0.2) is 0 Å². The molecule has 86 valence electrons. The van der Waals surface area contributed by atoms with E-state index in [4.69, 9.17) is 11.6 Å². The molecule has 0 atom stereocenters. The molecule has 1 aromatic rings. The van der Waals surface area contributed by atoms with Crippen LogP contribution in [0, 0.1) is 5.82 Å². The SMILES string of the molecule is CC1(NC(=O)c2cc(Cl)c(Br)cc2F)CC1. The van der Waals surface area contributed by atoms with Crippen LogP contribution in [0.25, 0.3) is 0 Å². The van der Waals surface area contributed by atoms with E-state index >= 15 is 0 Å². The van der Waals surface area contributed by atoms with Gasteiger partial charge in [-0.15, -0.1) is 0 Å². The third-order valence-corrected chi connectivity index (χ3v) is 3.87. The molecule has 1 aliphatic carbocycles. The van der Waals surface area contributed by atoms with Crippen LogP contribution in [-0.2, 0) is 0 Å². The lowest BCUT2D eigenvalue weighted by molar-refractivity contribution is 0.0931. The Kier molecular flexibility index (Phi) is 2.97. The second kappa shape index (κ2) is 4.00. The first-order valence-corrected chi connectivity index (χ1v) is 6.05. The van der Waals surface area contributed by atoms with Gasteiger partial charge in [0.2, 0.25) is 0 Å². The van der Waals surface area contributed by atoms with Gasteiger partial charge in [-0.3, -0.25) is 4.79 Å². The zero-order chi connectivity index (χ0) is 11.9. The zero-order valence-corrected chi connectivity index (χ0v) is 11.0. The molecule has 1 N–H and O–H groups in total. The van der Waals surface area contributed by atoms with Crippen molar-refractivity contribution in [3.63, 3.8) is 0 Å². The van der Waals surface area contributed by atoms with Crippen molar-refractivity contribution in [2.24, 2.45) is 0 Å². The van der Waals surface area contributed by atoms with Crippen LogP contribution in [0.5, 0.6) is 0 Å². The second-order valence-electron chi connectivity index (χ2n) is 4.26. The Labute approximate surface area is 106 Å². The van der Waals surface area contributed by atoms with Crippen molar-refractivity contribution >= 4 is 33.4 Å². The highest BCUT2D eigenvalue weighted by atomic mass is 79.9. The van der Waals surface area contributed by atoms with E-state index in [1.807, 2.05) is 6.92 Å². The fraction of sp³-hybridized carbons (Fsp3) is 0.364. The second-order valence-corrected chi connectivity index (χ2v) is 5.52. The molecule has 1 saturated carbocycles. The van der Waals surface area contributed by atoms with E-state index in [0.29, 0.717) is 9.50 Å². The van der Waals surface area contributed by atoms with E-state index < -0.39 is 11.7 Å². The van der Waals surface area contributed by atoms with Crippen molar-refractivity contribution < 1.29 is 9.18 Å². The molecule has 0 heterocycles. The Hall–Kier alpha value is -0.610. The summed E-state index contributed by atoms with van der Waals surface area (Å²) in [6.45, 7) is 1.93. The maximum Gasteiger partial charge on any atom is 0.254 e. The Bertz CT molecular complexity index is 460. The van der Waals surface area contributed by atoms with Crippen molar-refractivity contribution in [2.45, 2.75) is 25.3 Å². The lowest BCUT2D eigenvalue weighted by atomic mass is 10.2.